The van der Waals surface area contributed by atoms with Crippen molar-refractivity contribution in [2.24, 2.45) is 5.92 Å². The van der Waals surface area contributed by atoms with E-state index in [0.29, 0.717) is 25.1 Å². The van der Waals surface area contributed by atoms with Gasteiger partial charge in [0.15, 0.2) is 0 Å². The molecule has 9 heteroatoms. The zero-order valence-corrected chi connectivity index (χ0v) is 16.3. The Morgan fingerprint density at radius 3 is 2.64 bits per heavy atom. The van der Waals surface area contributed by atoms with Gasteiger partial charge in [-0.15, -0.1) is 0 Å². The highest BCUT2D eigenvalue weighted by Crippen LogP contribution is 2.26. The lowest BCUT2D eigenvalue weighted by molar-refractivity contribution is -0.120. The van der Waals surface area contributed by atoms with Crippen LogP contribution in [0.25, 0.3) is 0 Å². The maximum Gasteiger partial charge on any atom is 0.243 e. The highest BCUT2D eigenvalue weighted by Gasteiger charge is 2.33. The first-order valence-corrected chi connectivity index (χ1v) is 10.4. The van der Waals surface area contributed by atoms with E-state index in [1.54, 1.807) is 6.07 Å². The molecule has 1 unspecified atom stereocenters. The van der Waals surface area contributed by atoms with Gasteiger partial charge in [0.2, 0.25) is 15.9 Å². The van der Waals surface area contributed by atoms with E-state index in [1.165, 1.54) is 28.6 Å². The predicted octanol–water partition coefficient (Wildman–Crippen LogP) is 3.39. The van der Waals surface area contributed by atoms with E-state index in [-0.39, 0.29) is 27.9 Å². The molecule has 1 aliphatic heterocycles. The van der Waals surface area contributed by atoms with Crippen LogP contribution < -0.4 is 5.32 Å². The summed E-state index contributed by atoms with van der Waals surface area (Å²) in [6.07, 6.45) is 1.07. The van der Waals surface area contributed by atoms with Crippen molar-refractivity contribution in [3.8, 4) is 6.07 Å². The SMILES string of the molecule is N#Cc1cc(NC(=O)C2CCCN(S(=O)(=O)c3ccc(F)cc3)C2)ccc1Cl. The maximum absolute atomic E-state index is 13.1. The largest absolute Gasteiger partial charge is 0.326 e. The third-order valence-corrected chi connectivity index (χ3v) is 6.77. The third kappa shape index (κ3) is 4.33. The molecule has 1 atom stereocenters. The Kier molecular flexibility index (Phi) is 5.98. The average molecular weight is 422 g/mol. The zero-order chi connectivity index (χ0) is 20.3. The lowest BCUT2D eigenvalue weighted by atomic mass is 9.98. The Labute approximate surface area is 167 Å². The smallest absolute Gasteiger partial charge is 0.243 e. The minimum Gasteiger partial charge on any atom is -0.326 e. The van der Waals surface area contributed by atoms with Crippen molar-refractivity contribution in [2.75, 3.05) is 18.4 Å². The summed E-state index contributed by atoms with van der Waals surface area (Å²) in [4.78, 5) is 12.6. The predicted molar refractivity (Wildman–Crippen MR) is 103 cm³/mol. The molecular formula is C19H17ClFN3O3S. The topological polar surface area (TPSA) is 90.3 Å². The van der Waals surface area contributed by atoms with E-state index in [4.69, 9.17) is 16.9 Å². The van der Waals surface area contributed by atoms with Gasteiger partial charge in [-0.25, -0.2) is 12.8 Å². The van der Waals surface area contributed by atoms with Crippen molar-refractivity contribution >= 4 is 33.2 Å². The van der Waals surface area contributed by atoms with Gasteiger partial charge in [0, 0.05) is 18.8 Å². The molecule has 1 heterocycles. The van der Waals surface area contributed by atoms with Crippen molar-refractivity contribution in [1.29, 1.82) is 5.26 Å². The van der Waals surface area contributed by atoms with E-state index in [1.807, 2.05) is 6.07 Å². The van der Waals surface area contributed by atoms with E-state index < -0.39 is 21.8 Å². The Morgan fingerprint density at radius 2 is 1.96 bits per heavy atom. The molecule has 0 saturated carbocycles. The van der Waals surface area contributed by atoms with Crippen molar-refractivity contribution < 1.29 is 17.6 Å². The molecule has 0 bridgehead atoms. The fourth-order valence-electron chi connectivity index (χ4n) is 3.06. The molecule has 2 aromatic rings. The molecule has 0 spiro atoms. The van der Waals surface area contributed by atoms with Crippen molar-refractivity contribution in [1.82, 2.24) is 4.31 Å². The molecule has 0 radical (unpaired) electrons. The first-order chi connectivity index (χ1) is 13.3. The van der Waals surface area contributed by atoms with Crippen LogP contribution in [0, 0.1) is 23.1 Å². The van der Waals surface area contributed by atoms with Crippen molar-refractivity contribution in [2.45, 2.75) is 17.7 Å². The van der Waals surface area contributed by atoms with Crippen LogP contribution >= 0.6 is 11.6 Å². The van der Waals surface area contributed by atoms with Gasteiger partial charge < -0.3 is 5.32 Å². The molecule has 3 rings (SSSR count). The zero-order valence-electron chi connectivity index (χ0n) is 14.7. The number of hydrogen-bond acceptors (Lipinski definition) is 4. The molecule has 1 fully saturated rings. The Morgan fingerprint density at radius 1 is 1.25 bits per heavy atom. The number of nitrogens with one attached hydrogen (secondary N) is 1. The Balaban J connectivity index is 1.73. The van der Waals surface area contributed by atoms with Crippen LogP contribution in [-0.4, -0.2) is 31.7 Å². The lowest BCUT2D eigenvalue weighted by Crippen LogP contribution is -2.43. The highest BCUT2D eigenvalue weighted by molar-refractivity contribution is 7.89. The van der Waals surface area contributed by atoms with Crippen molar-refractivity contribution in [3.63, 3.8) is 0 Å². The number of nitriles is 1. The molecule has 1 amide bonds. The fraction of sp³-hybridized carbons (Fsp3) is 0.263. The van der Waals surface area contributed by atoms with Crippen LogP contribution in [0.3, 0.4) is 0 Å². The summed E-state index contributed by atoms with van der Waals surface area (Å²) >= 11 is 5.89. The molecule has 0 aliphatic carbocycles. The van der Waals surface area contributed by atoms with Crippen LogP contribution in [0.1, 0.15) is 18.4 Å². The minimum atomic E-state index is -3.81. The molecule has 1 saturated heterocycles. The normalized spacial score (nSPS) is 17.7. The van der Waals surface area contributed by atoms with Gasteiger partial charge in [-0.3, -0.25) is 4.79 Å². The number of carbonyl (C=O) groups excluding carboxylic acids is 1. The molecule has 6 nitrogen and oxygen atoms in total. The minimum absolute atomic E-state index is 0.00804. The summed E-state index contributed by atoms with van der Waals surface area (Å²) in [7, 11) is -3.81. The summed E-state index contributed by atoms with van der Waals surface area (Å²) < 4.78 is 39.9. The fourth-order valence-corrected chi connectivity index (χ4v) is 4.75. The maximum atomic E-state index is 13.1. The van der Waals surface area contributed by atoms with Gasteiger partial charge in [-0.1, -0.05) is 11.6 Å². The van der Waals surface area contributed by atoms with Gasteiger partial charge in [-0.05, 0) is 55.3 Å². The lowest BCUT2D eigenvalue weighted by Gasteiger charge is -2.31. The quantitative estimate of drug-likeness (QED) is 0.819. The van der Waals surface area contributed by atoms with Gasteiger partial charge in [0.1, 0.15) is 11.9 Å². The van der Waals surface area contributed by atoms with E-state index in [0.717, 1.165) is 12.1 Å². The first-order valence-electron chi connectivity index (χ1n) is 8.57. The second-order valence-electron chi connectivity index (χ2n) is 6.45. The molecular weight excluding hydrogens is 405 g/mol. The Bertz CT molecular complexity index is 1040. The standard InChI is InChI=1S/C19H17ClFN3O3S/c20-18-8-5-16(10-14(18)11-22)23-19(25)13-2-1-9-24(12-13)28(26,27)17-6-3-15(21)4-7-17/h3-8,10,13H,1-2,9,12H2,(H,23,25). The second kappa shape index (κ2) is 8.27. The number of amides is 1. The number of piperidine rings is 1. The van der Waals surface area contributed by atoms with Gasteiger partial charge in [0.25, 0.3) is 0 Å². The number of halogens is 2. The summed E-state index contributed by atoms with van der Waals surface area (Å²) in [5, 5.41) is 12.0. The molecule has 2 aromatic carbocycles. The summed E-state index contributed by atoms with van der Waals surface area (Å²) in [6, 6.07) is 11.1. The summed E-state index contributed by atoms with van der Waals surface area (Å²) in [5.41, 5.74) is 0.660. The van der Waals surface area contributed by atoms with E-state index >= 15 is 0 Å². The highest BCUT2D eigenvalue weighted by atomic mass is 35.5. The van der Waals surface area contributed by atoms with Crippen LogP contribution in [-0.2, 0) is 14.8 Å². The number of hydrogen-bond donors (Lipinski definition) is 1. The molecule has 1 N–H and O–H groups in total. The number of carbonyl (C=O) groups is 1. The molecule has 28 heavy (non-hydrogen) atoms. The van der Waals surface area contributed by atoms with Gasteiger partial charge in [-0.2, -0.15) is 9.57 Å². The number of rotatable bonds is 4. The van der Waals surface area contributed by atoms with Gasteiger partial charge >= 0.3 is 0 Å². The van der Waals surface area contributed by atoms with Crippen LogP contribution in [0.15, 0.2) is 47.4 Å². The van der Waals surface area contributed by atoms with E-state index in [9.17, 15) is 17.6 Å². The molecule has 146 valence electrons. The van der Waals surface area contributed by atoms with Gasteiger partial charge in [0.05, 0.1) is 21.4 Å². The number of sulfonamides is 1. The Hall–Kier alpha value is -2.47. The first kappa shape index (κ1) is 20.3. The second-order valence-corrected chi connectivity index (χ2v) is 8.80. The number of anilines is 1. The third-order valence-electron chi connectivity index (χ3n) is 4.56. The summed E-state index contributed by atoms with van der Waals surface area (Å²) in [5.74, 6) is -1.38. The molecule has 1 aliphatic rings. The monoisotopic (exact) mass is 421 g/mol. The average Bonchev–Trinajstić information content (AvgIpc) is 2.70. The number of benzene rings is 2. The molecule has 0 aromatic heterocycles. The van der Waals surface area contributed by atoms with Crippen LogP contribution in [0.5, 0.6) is 0 Å². The van der Waals surface area contributed by atoms with E-state index in [2.05, 4.69) is 5.32 Å². The number of nitrogens with zero attached hydrogens (tertiary/aromatic N) is 2. The van der Waals surface area contributed by atoms with Crippen LogP contribution in [0.4, 0.5) is 10.1 Å². The summed E-state index contributed by atoms with van der Waals surface area (Å²) in [6.45, 7) is 0.327. The van der Waals surface area contributed by atoms with Crippen LogP contribution in [0.2, 0.25) is 5.02 Å². The van der Waals surface area contributed by atoms with Crippen molar-refractivity contribution in [3.05, 3.63) is 58.9 Å².